The Bertz CT molecular complexity index is 769. The molecular formula is C19H24ClN3O3. The van der Waals surface area contributed by atoms with Crippen LogP contribution in [0, 0.1) is 13.8 Å². The molecule has 7 heteroatoms. The summed E-state index contributed by atoms with van der Waals surface area (Å²) in [6.07, 6.45) is 4.82. The van der Waals surface area contributed by atoms with E-state index in [4.69, 9.17) is 20.9 Å². The van der Waals surface area contributed by atoms with Gasteiger partial charge in [0.15, 0.2) is 5.82 Å². The van der Waals surface area contributed by atoms with Crippen molar-refractivity contribution in [1.29, 1.82) is 0 Å². The molecule has 0 bridgehead atoms. The number of hydrogen-bond donors (Lipinski definition) is 1. The lowest BCUT2D eigenvalue weighted by atomic mass is 9.96. The summed E-state index contributed by atoms with van der Waals surface area (Å²) >= 11 is 5.94. The first-order chi connectivity index (χ1) is 12.5. The van der Waals surface area contributed by atoms with Gasteiger partial charge in [-0.3, -0.25) is 4.79 Å². The summed E-state index contributed by atoms with van der Waals surface area (Å²) in [5, 5.41) is 7.87. The lowest BCUT2D eigenvalue weighted by molar-refractivity contribution is -0.123. The Kier molecular flexibility index (Phi) is 5.81. The molecule has 0 aliphatic heterocycles. The standard InChI is InChI=1S/C19H24ClN3O3/c1-13-12-15(20)7-8-16(13)25-11-5-6-17(24)22-19(9-3-4-10-19)18-21-14(2)26-23-18/h7-8,12H,3-6,9-11H2,1-2H3,(H,22,24). The van der Waals surface area contributed by atoms with Crippen LogP contribution in [0.1, 0.15) is 55.8 Å². The van der Waals surface area contributed by atoms with E-state index >= 15 is 0 Å². The predicted molar refractivity (Wildman–Crippen MR) is 98.2 cm³/mol. The molecule has 1 heterocycles. The van der Waals surface area contributed by atoms with Crippen LogP contribution in [0.5, 0.6) is 5.75 Å². The number of hydrogen-bond acceptors (Lipinski definition) is 5. The number of ether oxygens (including phenoxy) is 1. The quantitative estimate of drug-likeness (QED) is 0.735. The smallest absolute Gasteiger partial charge is 0.223 e. The minimum atomic E-state index is -0.484. The minimum absolute atomic E-state index is 0.00854. The summed E-state index contributed by atoms with van der Waals surface area (Å²) < 4.78 is 10.9. The largest absolute Gasteiger partial charge is 0.493 e. The maximum absolute atomic E-state index is 12.4. The average Bonchev–Trinajstić information content (AvgIpc) is 3.23. The van der Waals surface area contributed by atoms with Crippen LogP contribution < -0.4 is 10.1 Å². The fourth-order valence-corrected chi connectivity index (χ4v) is 3.62. The highest BCUT2D eigenvalue weighted by molar-refractivity contribution is 6.30. The van der Waals surface area contributed by atoms with Gasteiger partial charge < -0.3 is 14.6 Å². The number of benzene rings is 1. The minimum Gasteiger partial charge on any atom is -0.493 e. The third-order valence-corrected chi connectivity index (χ3v) is 4.97. The van der Waals surface area contributed by atoms with Crippen molar-refractivity contribution >= 4 is 17.5 Å². The van der Waals surface area contributed by atoms with Gasteiger partial charge in [0, 0.05) is 18.4 Å². The number of amides is 1. The highest BCUT2D eigenvalue weighted by Gasteiger charge is 2.41. The van der Waals surface area contributed by atoms with E-state index in [-0.39, 0.29) is 5.91 Å². The molecule has 0 radical (unpaired) electrons. The van der Waals surface area contributed by atoms with Gasteiger partial charge in [-0.15, -0.1) is 0 Å². The van der Waals surface area contributed by atoms with Crippen LogP contribution in [0.25, 0.3) is 0 Å². The summed E-state index contributed by atoms with van der Waals surface area (Å²) in [5.74, 6) is 1.90. The predicted octanol–water partition coefficient (Wildman–Crippen LogP) is 4.08. The van der Waals surface area contributed by atoms with E-state index in [0.717, 1.165) is 37.0 Å². The molecule has 140 valence electrons. The molecule has 1 fully saturated rings. The average molecular weight is 378 g/mol. The monoisotopic (exact) mass is 377 g/mol. The van der Waals surface area contributed by atoms with Crippen molar-refractivity contribution < 1.29 is 14.1 Å². The summed E-state index contributed by atoms with van der Waals surface area (Å²) in [5.41, 5.74) is 0.502. The zero-order valence-electron chi connectivity index (χ0n) is 15.2. The van der Waals surface area contributed by atoms with Crippen LogP contribution in [0.2, 0.25) is 5.02 Å². The van der Waals surface area contributed by atoms with Gasteiger partial charge in [0.05, 0.1) is 6.61 Å². The molecule has 26 heavy (non-hydrogen) atoms. The van der Waals surface area contributed by atoms with Gasteiger partial charge in [0.1, 0.15) is 11.3 Å². The van der Waals surface area contributed by atoms with Crippen molar-refractivity contribution in [2.24, 2.45) is 0 Å². The van der Waals surface area contributed by atoms with Crippen LogP contribution in [0.4, 0.5) is 0 Å². The molecule has 1 amide bonds. The van der Waals surface area contributed by atoms with E-state index in [1.807, 2.05) is 19.1 Å². The molecule has 1 aromatic carbocycles. The molecule has 0 spiro atoms. The first-order valence-corrected chi connectivity index (χ1v) is 9.37. The van der Waals surface area contributed by atoms with Crippen LogP contribution in [-0.2, 0) is 10.3 Å². The first kappa shape index (κ1) is 18.7. The topological polar surface area (TPSA) is 77.2 Å². The second-order valence-electron chi connectivity index (χ2n) is 6.84. The van der Waals surface area contributed by atoms with Crippen LogP contribution in [0.3, 0.4) is 0 Å². The second kappa shape index (κ2) is 8.08. The third kappa shape index (κ3) is 4.36. The van der Waals surface area contributed by atoms with Gasteiger partial charge >= 0.3 is 0 Å². The maximum atomic E-state index is 12.4. The number of aryl methyl sites for hydroxylation is 2. The Morgan fingerprint density at radius 3 is 2.77 bits per heavy atom. The van der Waals surface area contributed by atoms with E-state index in [1.54, 1.807) is 13.0 Å². The number of carbonyl (C=O) groups excluding carboxylic acids is 1. The van der Waals surface area contributed by atoms with E-state index < -0.39 is 5.54 Å². The van der Waals surface area contributed by atoms with E-state index in [2.05, 4.69) is 15.5 Å². The van der Waals surface area contributed by atoms with Gasteiger partial charge in [-0.25, -0.2) is 0 Å². The van der Waals surface area contributed by atoms with Gasteiger partial charge in [-0.05, 0) is 49.9 Å². The number of carbonyl (C=O) groups is 1. The summed E-state index contributed by atoms with van der Waals surface area (Å²) in [6, 6.07) is 5.51. The van der Waals surface area contributed by atoms with Crippen molar-refractivity contribution in [2.75, 3.05) is 6.61 Å². The van der Waals surface area contributed by atoms with Crippen LogP contribution in [-0.4, -0.2) is 22.7 Å². The SMILES string of the molecule is Cc1nc(C2(NC(=O)CCCOc3ccc(Cl)cc3C)CCCC2)no1. The van der Waals surface area contributed by atoms with Crippen molar-refractivity contribution in [3.63, 3.8) is 0 Å². The molecule has 0 unspecified atom stereocenters. The molecule has 1 N–H and O–H groups in total. The van der Waals surface area contributed by atoms with E-state index in [1.165, 1.54) is 0 Å². The number of halogens is 1. The van der Waals surface area contributed by atoms with E-state index in [9.17, 15) is 4.79 Å². The van der Waals surface area contributed by atoms with Crippen molar-refractivity contribution in [3.8, 4) is 5.75 Å². The normalized spacial score (nSPS) is 15.8. The highest BCUT2D eigenvalue weighted by Crippen LogP contribution is 2.37. The zero-order valence-corrected chi connectivity index (χ0v) is 15.9. The summed E-state index contributed by atoms with van der Waals surface area (Å²) in [7, 11) is 0. The van der Waals surface area contributed by atoms with Gasteiger partial charge in [0.2, 0.25) is 11.8 Å². The summed E-state index contributed by atoms with van der Waals surface area (Å²) in [6.45, 7) is 4.19. The Hall–Kier alpha value is -2.08. The third-order valence-electron chi connectivity index (χ3n) is 4.73. The van der Waals surface area contributed by atoms with Crippen molar-refractivity contribution in [1.82, 2.24) is 15.5 Å². The molecular weight excluding hydrogens is 354 g/mol. The molecule has 6 nitrogen and oxygen atoms in total. The second-order valence-corrected chi connectivity index (χ2v) is 7.27. The molecule has 1 aliphatic rings. The van der Waals surface area contributed by atoms with Crippen molar-refractivity contribution in [2.45, 2.75) is 57.9 Å². The van der Waals surface area contributed by atoms with Crippen molar-refractivity contribution in [3.05, 3.63) is 40.5 Å². The fraction of sp³-hybridized carbons (Fsp3) is 0.526. The first-order valence-electron chi connectivity index (χ1n) is 8.99. The number of aromatic nitrogens is 2. The lowest BCUT2D eigenvalue weighted by Crippen LogP contribution is -2.44. The molecule has 0 saturated heterocycles. The van der Waals surface area contributed by atoms with Gasteiger partial charge in [-0.1, -0.05) is 29.6 Å². The van der Waals surface area contributed by atoms with Gasteiger partial charge in [-0.2, -0.15) is 4.98 Å². The zero-order chi connectivity index (χ0) is 18.6. The molecule has 1 saturated carbocycles. The molecule has 0 atom stereocenters. The van der Waals surface area contributed by atoms with E-state index in [0.29, 0.717) is 36.2 Å². The van der Waals surface area contributed by atoms with Crippen LogP contribution >= 0.6 is 11.6 Å². The molecule has 1 aliphatic carbocycles. The Labute approximate surface area is 158 Å². The Balaban J connectivity index is 1.50. The molecule has 3 rings (SSSR count). The highest BCUT2D eigenvalue weighted by atomic mass is 35.5. The van der Waals surface area contributed by atoms with Gasteiger partial charge in [0.25, 0.3) is 0 Å². The maximum Gasteiger partial charge on any atom is 0.223 e. The molecule has 2 aromatic rings. The Morgan fingerprint density at radius 1 is 1.35 bits per heavy atom. The molecule has 1 aromatic heterocycles. The fourth-order valence-electron chi connectivity index (χ4n) is 3.40. The summed E-state index contributed by atoms with van der Waals surface area (Å²) in [4.78, 5) is 16.8. The number of nitrogens with zero attached hydrogens (tertiary/aromatic N) is 2. The number of nitrogens with one attached hydrogen (secondary N) is 1. The number of rotatable bonds is 7. The Morgan fingerprint density at radius 2 is 2.12 bits per heavy atom. The van der Waals surface area contributed by atoms with Crippen LogP contribution in [0.15, 0.2) is 22.7 Å². The lowest BCUT2D eigenvalue weighted by Gasteiger charge is -2.26.